The van der Waals surface area contributed by atoms with Gasteiger partial charge in [0.05, 0.1) is 16.9 Å². The Hall–Kier alpha value is -2.96. The van der Waals surface area contributed by atoms with E-state index >= 15 is 0 Å². The smallest absolute Gasteiger partial charge is 0.261 e. The van der Waals surface area contributed by atoms with Gasteiger partial charge in [0.2, 0.25) is 5.95 Å². The van der Waals surface area contributed by atoms with Crippen molar-refractivity contribution in [1.29, 1.82) is 0 Å². The molecule has 1 aliphatic carbocycles. The molecule has 5 rings (SSSR count). The van der Waals surface area contributed by atoms with Crippen LogP contribution < -0.4 is 15.4 Å². The number of hydrogen-bond acceptors (Lipinski definition) is 6. The molecule has 29 heavy (non-hydrogen) atoms. The summed E-state index contributed by atoms with van der Waals surface area (Å²) in [5.41, 5.74) is 0.865. The maximum absolute atomic E-state index is 13.3. The van der Waals surface area contributed by atoms with Crippen LogP contribution >= 0.6 is 0 Å². The van der Waals surface area contributed by atoms with Crippen molar-refractivity contribution in [3.63, 3.8) is 0 Å². The lowest BCUT2D eigenvalue weighted by Gasteiger charge is -2.28. The van der Waals surface area contributed by atoms with Gasteiger partial charge < -0.3 is 9.80 Å². The van der Waals surface area contributed by atoms with Crippen molar-refractivity contribution >= 4 is 22.7 Å². The summed E-state index contributed by atoms with van der Waals surface area (Å²) in [4.78, 5) is 31.6. The van der Waals surface area contributed by atoms with Gasteiger partial charge in [-0.1, -0.05) is 12.1 Å². The molecule has 0 amide bonds. The molecule has 0 bridgehead atoms. The van der Waals surface area contributed by atoms with Crippen molar-refractivity contribution in [2.24, 2.45) is 5.92 Å². The van der Waals surface area contributed by atoms with Gasteiger partial charge in [-0.25, -0.2) is 9.97 Å². The molecule has 3 heterocycles. The van der Waals surface area contributed by atoms with Crippen LogP contribution in [0.3, 0.4) is 0 Å². The Balaban J connectivity index is 1.62. The van der Waals surface area contributed by atoms with Gasteiger partial charge in [-0.15, -0.1) is 0 Å². The summed E-state index contributed by atoms with van der Waals surface area (Å²) in [5, 5.41) is 0.707. The lowest BCUT2D eigenvalue weighted by atomic mass is 10.1. The van der Waals surface area contributed by atoms with E-state index in [1.54, 1.807) is 6.20 Å². The Labute approximate surface area is 170 Å². The summed E-state index contributed by atoms with van der Waals surface area (Å²) < 4.78 is 1.94. The van der Waals surface area contributed by atoms with Crippen LogP contribution in [0.2, 0.25) is 0 Å². The van der Waals surface area contributed by atoms with Crippen LogP contribution in [0.25, 0.3) is 10.9 Å². The van der Waals surface area contributed by atoms with Crippen LogP contribution in [-0.4, -0.2) is 40.2 Å². The van der Waals surface area contributed by atoms with E-state index in [2.05, 4.69) is 9.88 Å². The largest absolute Gasteiger partial charge is 0.347 e. The first kappa shape index (κ1) is 18.1. The topological polar surface area (TPSA) is 67.2 Å². The summed E-state index contributed by atoms with van der Waals surface area (Å²) in [6.07, 6.45) is 6.23. The molecule has 1 saturated heterocycles. The van der Waals surface area contributed by atoms with Crippen molar-refractivity contribution in [2.45, 2.75) is 38.3 Å². The van der Waals surface area contributed by atoms with Crippen molar-refractivity contribution in [3.8, 4) is 0 Å². The molecule has 1 atom stereocenters. The van der Waals surface area contributed by atoms with Gasteiger partial charge in [-0.05, 0) is 49.8 Å². The molecule has 1 aliphatic heterocycles. The molecule has 0 spiro atoms. The number of anilines is 2. The van der Waals surface area contributed by atoms with Crippen LogP contribution in [0.15, 0.2) is 41.3 Å². The van der Waals surface area contributed by atoms with E-state index in [0.717, 1.165) is 43.1 Å². The first-order valence-corrected chi connectivity index (χ1v) is 10.4. The van der Waals surface area contributed by atoms with Gasteiger partial charge in [0, 0.05) is 33.4 Å². The minimum absolute atomic E-state index is 0.0518. The van der Waals surface area contributed by atoms with E-state index < -0.39 is 0 Å². The van der Waals surface area contributed by atoms with Crippen LogP contribution in [0.1, 0.15) is 37.5 Å². The van der Waals surface area contributed by atoms with Gasteiger partial charge in [0.15, 0.2) is 0 Å². The zero-order valence-corrected chi connectivity index (χ0v) is 17.0. The minimum Gasteiger partial charge on any atom is -0.347 e. The van der Waals surface area contributed by atoms with E-state index in [1.807, 2.05) is 53.9 Å². The Bertz CT molecular complexity index is 1100. The summed E-state index contributed by atoms with van der Waals surface area (Å²) in [6.45, 7) is 1.67. The van der Waals surface area contributed by atoms with E-state index in [9.17, 15) is 4.79 Å². The van der Waals surface area contributed by atoms with Crippen molar-refractivity contribution in [3.05, 3.63) is 52.7 Å². The molecule has 0 N–H and O–H groups in total. The molecule has 2 fully saturated rings. The van der Waals surface area contributed by atoms with E-state index in [-0.39, 0.29) is 11.6 Å². The van der Waals surface area contributed by atoms with Crippen LogP contribution in [-0.2, 0) is 6.54 Å². The highest BCUT2D eigenvalue weighted by atomic mass is 16.1. The molecule has 7 nitrogen and oxygen atoms in total. The second kappa shape index (κ2) is 7.13. The van der Waals surface area contributed by atoms with Crippen molar-refractivity contribution in [2.75, 3.05) is 30.4 Å². The SMILES string of the molecule is CN(C)c1nccc(N2CCCC2c2nc3ccccc3c(=O)n2CC2CC2)n1. The number of aromatic nitrogens is 4. The van der Waals surface area contributed by atoms with E-state index in [4.69, 9.17) is 9.97 Å². The molecule has 150 valence electrons. The molecule has 0 radical (unpaired) electrons. The Morgan fingerprint density at radius 3 is 2.72 bits per heavy atom. The zero-order chi connectivity index (χ0) is 20.0. The number of hydrogen-bond donors (Lipinski definition) is 0. The molecule has 2 aromatic heterocycles. The third kappa shape index (κ3) is 3.34. The third-order valence-electron chi connectivity index (χ3n) is 5.90. The molecule has 1 saturated carbocycles. The summed E-state index contributed by atoms with van der Waals surface area (Å²) in [5.74, 6) is 3.06. The molecule has 2 aliphatic rings. The highest BCUT2D eigenvalue weighted by molar-refractivity contribution is 5.77. The van der Waals surface area contributed by atoms with Gasteiger partial charge in [-0.3, -0.25) is 9.36 Å². The predicted octanol–water partition coefficient (Wildman–Crippen LogP) is 3.00. The second-order valence-electron chi connectivity index (χ2n) is 8.31. The number of para-hydroxylation sites is 1. The maximum atomic E-state index is 13.3. The second-order valence-corrected chi connectivity index (χ2v) is 8.31. The number of nitrogens with zero attached hydrogens (tertiary/aromatic N) is 6. The number of rotatable bonds is 5. The quantitative estimate of drug-likeness (QED) is 0.667. The molecule has 3 aromatic rings. The summed E-state index contributed by atoms with van der Waals surface area (Å²) in [6, 6.07) is 9.70. The molecular weight excluding hydrogens is 364 g/mol. The fourth-order valence-electron chi connectivity index (χ4n) is 4.20. The molecule has 1 aromatic carbocycles. The third-order valence-corrected chi connectivity index (χ3v) is 5.90. The fraction of sp³-hybridized carbons (Fsp3) is 0.455. The van der Waals surface area contributed by atoms with Crippen molar-refractivity contribution in [1.82, 2.24) is 19.5 Å². The fourth-order valence-corrected chi connectivity index (χ4v) is 4.20. The highest BCUT2D eigenvalue weighted by Gasteiger charge is 2.33. The Morgan fingerprint density at radius 1 is 1.10 bits per heavy atom. The lowest BCUT2D eigenvalue weighted by molar-refractivity contribution is 0.526. The molecule has 1 unspecified atom stereocenters. The van der Waals surface area contributed by atoms with Crippen molar-refractivity contribution < 1.29 is 0 Å². The lowest BCUT2D eigenvalue weighted by Crippen LogP contribution is -2.33. The van der Waals surface area contributed by atoms with Crippen LogP contribution in [0.4, 0.5) is 11.8 Å². The summed E-state index contributed by atoms with van der Waals surface area (Å²) >= 11 is 0. The average Bonchev–Trinajstić information content (AvgIpc) is 3.42. The monoisotopic (exact) mass is 390 g/mol. The minimum atomic E-state index is 0.0518. The highest BCUT2D eigenvalue weighted by Crippen LogP contribution is 2.36. The van der Waals surface area contributed by atoms with Crippen LogP contribution in [0, 0.1) is 5.92 Å². The number of fused-ring (bicyclic) bond motifs is 1. The van der Waals surface area contributed by atoms with Gasteiger partial charge in [-0.2, -0.15) is 4.98 Å². The van der Waals surface area contributed by atoms with E-state index in [0.29, 0.717) is 17.3 Å². The molecular formula is C22H26N6O. The van der Waals surface area contributed by atoms with Gasteiger partial charge in [0.1, 0.15) is 11.6 Å². The predicted molar refractivity (Wildman–Crippen MR) is 114 cm³/mol. The van der Waals surface area contributed by atoms with Gasteiger partial charge >= 0.3 is 0 Å². The van der Waals surface area contributed by atoms with Gasteiger partial charge in [0.25, 0.3) is 5.56 Å². The molecule has 7 heteroatoms. The van der Waals surface area contributed by atoms with Crippen LogP contribution in [0.5, 0.6) is 0 Å². The van der Waals surface area contributed by atoms with E-state index in [1.165, 1.54) is 12.8 Å². The normalized spacial score (nSPS) is 19.1. The Kier molecular flexibility index (Phi) is 4.45. The zero-order valence-electron chi connectivity index (χ0n) is 17.0. The summed E-state index contributed by atoms with van der Waals surface area (Å²) in [7, 11) is 3.89. The Morgan fingerprint density at radius 2 is 1.93 bits per heavy atom. The standard InChI is InChI=1S/C22H26N6O/c1-26(2)22-23-12-11-19(25-22)27-13-5-8-18(27)20-24-17-7-4-3-6-16(17)21(29)28(20)14-15-9-10-15/h3-4,6-7,11-12,15,18H,5,8-10,13-14H2,1-2H3. The first-order chi connectivity index (χ1) is 14.1. The maximum Gasteiger partial charge on any atom is 0.261 e. The average molecular weight is 390 g/mol. The number of benzene rings is 1. The first-order valence-electron chi connectivity index (χ1n) is 10.4.